The van der Waals surface area contributed by atoms with E-state index in [0.29, 0.717) is 5.69 Å². The summed E-state index contributed by atoms with van der Waals surface area (Å²) in [7, 11) is 0. The van der Waals surface area contributed by atoms with Crippen molar-refractivity contribution in [1.29, 1.82) is 0 Å². The summed E-state index contributed by atoms with van der Waals surface area (Å²) in [5, 5.41) is 3.39. The van der Waals surface area contributed by atoms with Gasteiger partial charge in [-0.15, -0.1) is 12.3 Å². The van der Waals surface area contributed by atoms with Crippen molar-refractivity contribution in [3.8, 4) is 12.3 Å². The normalized spacial score (nSPS) is 6.67. The number of hydrogen-bond acceptors (Lipinski definition) is 1. The molecule has 12 heavy (non-hydrogen) atoms. The fourth-order valence-corrected chi connectivity index (χ4v) is 0.546. The molecule has 1 rings (SSSR count). The first-order valence-electron chi connectivity index (χ1n) is 3.32. The van der Waals surface area contributed by atoms with Gasteiger partial charge in [0.2, 0.25) is 0 Å². The highest BCUT2D eigenvalue weighted by Crippen LogP contribution is 2.08. The van der Waals surface area contributed by atoms with Crippen molar-refractivity contribution < 1.29 is 0 Å². The number of benzene rings is 1. The van der Waals surface area contributed by atoms with Crippen molar-refractivity contribution >= 4 is 5.69 Å². The average Bonchev–Trinajstić information content (AvgIpc) is 2.08. The Labute approximate surface area is 71.7 Å². The second kappa shape index (κ2) is 7.20. The van der Waals surface area contributed by atoms with Crippen LogP contribution in [0.3, 0.4) is 0 Å². The van der Waals surface area contributed by atoms with Gasteiger partial charge in [0.1, 0.15) is 0 Å². The monoisotopic (exact) mass is 159 g/mol. The van der Waals surface area contributed by atoms with E-state index in [1.165, 1.54) is 0 Å². The predicted molar refractivity (Wildman–Crippen MR) is 49.8 cm³/mol. The van der Waals surface area contributed by atoms with Gasteiger partial charge in [-0.2, -0.15) is 0 Å². The SMILES string of the molecule is C#CC.[N-]=[N+]=Nc1ccccc1. The topological polar surface area (TPSA) is 48.8 Å². The van der Waals surface area contributed by atoms with Crippen molar-refractivity contribution in [3.05, 3.63) is 40.8 Å². The lowest BCUT2D eigenvalue weighted by Crippen LogP contribution is -1.56. The van der Waals surface area contributed by atoms with Gasteiger partial charge in [0.15, 0.2) is 0 Å². The molecule has 1 aromatic carbocycles. The van der Waals surface area contributed by atoms with E-state index >= 15 is 0 Å². The van der Waals surface area contributed by atoms with Crippen LogP contribution in [0, 0.1) is 12.3 Å². The van der Waals surface area contributed by atoms with E-state index < -0.39 is 0 Å². The molecule has 60 valence electrons. The molecule has 0 bridgehead atoms. The summed E-state index contributed by atoms with van der Waals surface area (Å²) in [4.78, 5) is 2.63. The molecule has 0 amide bonds. The van der Waals surface area contributed by atoms with Crippen molar-refractivity contribution in [2.45, 2.75) is 6.92 Å². The lowest BCUT2D eigenvalue weighted by Gasteiger charge is -1.83. The van der Waals surface area contributed by atoms with Crippen LogP contribution in [0.15, 0.2) is 35.4 Å². The third-order valence-corrected chi connectivity index (χ3v) is 0.916. The molecule has 0 spiro atoms. The molecule has 0 radical (unpaired) electrons. The Balaban J connectivity index is 0.000000354. The molecular formula is C9H9N3. The highest BCUT2D eigenvalue weighted by molar-refractivity contribution is 5.35. The quantitative estimate of drug-likeness (QED) is 0.261. The third kappa shape index (κ3) is 4.92. The van der Waals surface area contributed by atoms with Crippen molar-refractivity contribution in [1.82, 2.24) is 0 Å². The first-order chi connectivity index (χ1) is 5.85. The lowest BCUT2D eigenvalue weighted by atomic mass is 10.3. The van der Waals surface area contributed by atoms with Crippen LogP contribution in [0.2, 0.25) is 0 Å². The summed E-state index contributed by atoms with van der Waals surface area (Å²) in [5.41, 5.74) is 8.63. The van der Waals surface area contributed by atoms with E-state index in [-0.39, 0.29) is 0 Å². The van der Waals surface area contributed by atoms with Gasteiger partial charge in [0.05, 0.1) is 0 Å². The second-order valence-electron chi connectivity index (χ2n) is 1.81. The number of azide groups is 1. The van der Waals surface area contributed by atoms with Gasteiger partial charge in [-0.3, -0.25) is 0 Å². The zero-order valence-corrected chi connectivity index (χ0v) is 6.81. The molecular weight excluding hydrogens is 150 g/mol. The Kier molecular flexibility index (Phi) is 6.05. The van der Waals surface area contributed by atoms with Gasteiger partial charge in [0.25, 0.3) is 0 Å². The summed E-state index contributed by atoms with van der Waals surface area (Å²) < 4.78 is 0. The minimum atomic E-state index is 0.653. The third-order valence-electron chi connectivity index (χ3n) is 0.916. The minimum absolute atomic E-state index is 0.653. The molecule has 3 nitrogen and oxygen atoms in total. The maximum Gasteiger partial charge on any atom is 0.0375 e. The van der Waals surface area contributed by atoms with Crippen molar-refractivity contribution in [2.24, 2.45) is 5.11 Å². The highest BCUT2D eigenvalue weighted by Gasteiger charge is 1.78. The average molecular weight is 159 g/mol. The van der Waals surface area contributed by atoms with Crippen molar-refractivity contribution in [3.63, 3.8) is 0 Å². The lowest BCUT2D eigenvalue weighted by molar-refractivity contribution is 1.48. The van der Waals surface area contributed by atoms with Crippen LogP contribution in [0.25, 0.3) is 10.4 Å². The van der Waals surface area contributed by atoms with Gasteiger partial charge in [-0.25, -0.2) is 0 Å². The first-order valence-corrected chi connectivity index (χ1v) is 3.32. The molecule has 0 aliphatic heterocycles. The fraction of sp³-hybridized carbons (Fsp3) is 0.111. The van der Waals surface area contributed by atoms with Crippen molar-refractivity contribution in [2.75, 3.05) is 0 Å². The molecule has 0 atom stereocenters. The Hall–Kier alpha value is -1.91. The van der Waals surface area contributed by atoms with E-state index in [2.05, 4.69) is 22.4 Å². The Morgan fingerprint density at radius 1 is 1.42 bits per heavy atom. The molecule has 0 saturated heterocycles. The molecule has 0 heterocycles. The smallest absolute Gasteiger partial charge is 0.0375 e. The van der Waals surface area contributed by atoms with Gasteiger partial charge >= 0.3 is 0 Å². The van der Waals surface area contributed by atoms with E-state index in [1.807, 2.05) is 18.2 Å². The second-order valence-corrected chi connectivity index (χ2v) is 1.81. The Morgan fingerprint density at radius 2 is 1.92 bits per heavy atom. The standard InChI is InChI=1S/C6H5N3.C3H4/c7-9-8-6-4-2-1-3-5-6;1-3-2/h1-5H;1H,2H3. The van der Waals surface area contributed by atoms with Gasteiger partial charge in [0, 0.05) is 10.6 Å². The van der Waals surface area contributed by atoms with Crippen LogP contribution < -0.4 is 0 Å². The van der Waals surface area contributed by atoms with Crippen LogP contribution in [0.1, 0.15) is 6.92 Å². The Morgan fingerprint density at radius 3 is 2.33 bits per heavy atom. The van der Waals surface area contributed by atoms with Crippen LogP contribution in [0.4, 0.5) is 5.69 Å². The van der Waals surface area contributed by atoms with Gasteiger partial charge in [-0.05, 0) is 12.5 Å². The summed E-state index contributed by atoms with van der Waals surface area (Å²) in [6.45, 7) is 1.65. The molecule has 3 heteroatoms. The summed E-state index contributed by atoms with van der Waals surface area (Å²) in [6.07, 6.45) is 4.60. The molecule has 0 aromatic heterocycles. The number of hydrogen-bond donors (Lipinski definition) is 0. The van der Waals surface area contributed by atoms with E-state index in [4.69, 9.17) is 5.53 Å². The zero-order valence-electron chi connectivity index (χ0n) is 6.81. The largest absolute Gasteiger partial charge is 0.120 e. The van der Waals surface area contributed by atoms with Gasteiger partial charge in [-0.1, -0.05) is 35.4 Å². The number of terminal acetylenes is 1. The Bertz CT molecular complexity index is 291. The van der Waals surface area contributed by atoms with Crippen LogP contribution in [-0.4, -0.2) is 0 Å². The molecule has 0 unspecified atom stereocenters. The summed E-state index contributed by atoms with van der Waals surface area (Å²) >= 11 is 0. The number of nitrogens with zero attached hydrogens (tertiary/aromatic N) is 3. The highest BCUT2D eigenvalue weighted by atomic mass is 15.1. The van der Waals surface area contributed by atoms with E-state index in [1.54, 1.807) is 19.1 Å². The molecule has 0 aliphatic carbocycles. The molecule has 0 aliphatic rings. The first kappa shape index (κ1) is 10.1. The summed E-state index contributed by atoms with van der Waals surface area (Å²) in [6, 6.07) is 9.02. The molecule has 0 fully saturated rings. The molecule has 0 saturated carbocycles. The van der Waals surface area contributed by atoms with E-state index in [0.717, 1.165) is 0 Å². The minimum Gasteiger partial charge on any atom is -0.120 e. The number of rotatable bonds is 1. The maximum atomic E-state index is 7.98. The van der Waals surface area contributed by atoms with Crippen LogP contribution in [-0.2, 0) is 0 Å². The molecule has 0 N–H and O–H groups in total. The molecule has 1 aromatic rings. The van der Waals surface area contributed by atoms with Gasteiger partial charge < -0.3 is 0 Å². The zero-order chi connectivity index (χ0) is 9.23. The predicted octanol–water partition coefficient (Wildman–Crippen LogP) is 3.27. The van der Waals surface area contributed by atoms with Crippen LogP contribution in [0.5, 0.6) is 0 Å². The van der Waals surface area contributed by atoms with Crippen LogP contribution >= 0.6 is 0 Å². The summed E-state index contributed by atoms with van der Waals surface area (Å²) in [5.74, 6) is 2.25. The van der Waals surface area contributed by atoms with E-state index in [9.17, 15) is 0 Å². The fourth-order valence-electron chi connectivity index (χ4n) is 0.546. The maximum absolute atomic E-state index is 7.98.